The van der Waals surface area contributed by atoms with Crippen LogP contribution in [0.15, 0.2) is 0 Å². The molecule has 0 nitrogen and oxygen atoms in total. The van der Waals surface area contributed by atoms with Gasteiger partial charge in [0.25, 0.3) is 0 Å². The van der Waals surface area contributed by atoms with Gasteiger partial charge in [-0.3, -0.25) is 0 Å². The maximum absolute atomic E-state index is 6.92. The summed E-state index contributed by atoms with van der Waals surface area (Å²) in [5.74, 6) is 0. The molecular weight excluding hydrogens is 72.1 g/mol. The van der Waals surface area contributed by atoms with Crippen LogP contribution < -0.4 is 0 Å². The SMILES string of the molecule is [2H]C([2H])([2H])CC(C)(C)C. The van der Waals surface area contributed by atoms with Gasteiger partial charge in [-0.05, 0) is 5.41 Å². The Bertz CT molecular complexity index is 73.5. The van der Waals surface area contributed by atoms with Crippen molar-refractivity contribution in [3.05, 3.63) is 0 Å². The molecule has 0 aromatic rings. The Kier molecular flexibility index (Phi) is 0.638. The van der Waals surface area contributed by atoms with E-state index in [0.717, 1.165) is 0 Å². The van der Waals surface area contributed by atoms with Gasteiger partial charge in [-0.1, -0.05) is 34.0 Å². The molecule has 0 aromatic heterocycles. The summed E-state index contributed by atoms with van der Waals surface area (Å²) >= 11 is 0. The molecule has 0 bridgehead atoms. The highest BCUT2D eigenvalue weighted by Gasteiger charge is 2.03. The van der Waals surface area contributed by atoms with Crippen molar-refractivity contribution in [1.82, 2.24) is 0 Å². The molecule has 0 N–H and O–H groups in total. The van der Waals surface area contributed by atoms with E-state index in [1.165, 1.54) is 0 Å². The number of hydrogen-bond acceptors (Lipinski definition) is 0. The highest BCUT2D eigenvalue weighted by Crippen LogP contribution is 2.16. The van der Waals surface area contributed by atoms with Gasteiger partial charge in [0.1, 0.15) is 0 Å². The van der Waals surface area contributed by atoms with E-state index in [1.54, 1.807) is 0 Å². The lowest BCUT2D eigenvalue weighted by molar-refractivity contribution is 0.398. The monoisotopic (exact) mass is 89.1 g/mol. The Morgan fingerprint density at radius 2 is 2.00 bits per heavy atom. The van der Waals surface area contributed by atoms with Crippen LogP contribution in [0, 0.1) is 5.41 Å². The fourth-order valence-electron chi connectivity index (χ4n) is 0. The van der Waals surface area contributed by atoms with Crippen LogP contribution in [0.1, 0.15) is 38.2 Å². The average Bonchev–Trinajstić information content (AvgIpc) is 1.14. The van der Waals surface area contributed by atoms with Gasteiger partial charge in [-0.2, -0.15) is 0 Å². The third kappa shape index (κ3) is 4.00. The quantitative estimate of drug-likeness (QED) is 0.427. The molecule has 0 unspecified atom stereocenters. The van der Waals surface area contributed by atoms with Crippen molar-refractivity contribution >= 4 is 0 Å². The molecule has 0 radical (unpaired) electrons. The summed E-state index contributed by atoms with van der Waals surface area (Å²) in [6.45, 7) is 4.02. The second kappa shape index (κ2) is 1.63. The molecule has 0 aliphatic rings. The van der Waals surface area contributed by atoms with Gasteiger partial charge < -0.3 is 0 Å². The van der Waals surface area contributed by atoms with Crippen molar-refractivity contribution in [2.24, 2.45) is 5.41 Å². The van der Waals surface area contributed by atoms with Gasteiger partial charge in [-0.25, -0.2) is 0 Å². The Balaban J connectivity index is 3.75. The molecule has 0 atom stereocenters. The summed E-state index contributed by atoms with van der Waals surface area (Å²) in [5.41, 5.74) is -0.0781. The molecule has 0 amide bonds. The van der Waals surface area contributed by atoms with Gasteiger partial charge in [0.05, 0.1) is 0 Å². The molecule has 0 aromatic carbocycles. The average molecular weight is 89.2 g/mol. The first-order chi connectivity index (χ1) is 3.71. The van der Waals surface area contributed by atoms with Crippen LogP contribution in [0.25, 0.3) is 0 Å². The Hall–Kier alpha value is 0. The van der Waals surface area contributed by atoms with Crippen molar-refractivity contribution in [1.29, 1.82) is 0 Å². The van der Waals surface area contributed by atoms with Gasteiger partial charge >= 0.3 is 0 Å². The predicted molar refractivity (Wildman–Crippen MR) is 29.7 cm³/mol. The summed E-state index contributed by atoms with van der Waals surface area (Å²) in [7, 11) is 0. The largest absolute Gasteiger partial charge is 0.0649 e. The summed E-state index contributed by atoms with van der Waals surface area (Å²) in [4.78, 5) is 0. The normalized spacial score (nSPS) is 21.5. The Morgan fingerprint density at radius 1 is 1.50 bits per heavy atom. The molecule has 0 heteroatoms. The Morgan fingerprint density at radius 3 is 2.00 bits per heavy atom. The molecule has 0 rings (SSSR count). The van der Waals surface area contributed by atoms with Gasteiger partial charge in [-0.15, -0.1) is 0 Å². The second-order valence-electron chi connectivity index (χ2n) is 2.74. The van der Waals surface area contributed by atoms with Crippen LogP contribution in [0.2, 0.25) is 0 Å². The fraction of sp³-hybridized carbons (Fsp3) is 1.00. The minimum absolute atomic E-state index is 0.0781. The zero-order valence-corrected chi connectivity index (χ0v) is 4.71. The molecular formula is C6H14. The van der Waals surface area contributed by atoms with Gasteiger partial charge in [0, 0.05) is 4.11 Å². The first kappa shape index (κ1) is 2.34. The highest BCUT2D eigenvalue weighted by molar-refractivity contribution is 4.55. The van der Waals surface area contributed by atoms with E-state index >= 15 is 0 Å². The summed E-state index contributed by atoms with van der Waals surface area (Å²) in [6, 6.07) is 0. The molecule has 0 aliphatic heterocycles. The van der Waals surface area contributed by atoms with Crippen LogP contribution in [0.5, 0.6) is 0 Å². The van der Waals surface area contributed by atoms with E-state index in [-0.39, 0.29) is 5.41 Å². The zero-order valence-electron chi connectivity index (χ0n) is 7.71. The third-order valence-corrected chi connectivity index (χ3v) is 0.530. The smallest absolute Gasteiger partial charge is 0.0231 e. The fourth-order valence-corrected chi connectivity index (χ4v) is 0. The lowest BCUT2D eigenvalue weighted by Crippen LogP contribution is -2.00. The van der Waals surface area contributed by atoms with Crippen LogP contribution in [0.3, 0.4) is 0 Å². The molecule has 0 aliphatic carbocycles. The Labute approximate surface area is 44.8 Å². The maximum atomic E-state index is 6.92. The van der Waals surface area contributed by atoms with Crippen molar-refractivity contribution in [3.8, 4) is 0 Å². The van der Waals surface area contributed by atoms with E-state index in [0.29, 0.717) is 6.42 Å². The second-order valence-corrected chi connectivity index (χ2v) is 2.74. The van der Waals surface area contributed by atoms with E-state index in [4.69, 9.17) is 4.11 Å². The molecule has 38 valence electrons. The van der Waals surface area contributed by atoms with Crippen LogP contribution in [0.4, 0.5) is 0 Å². The first-order valence-electron chi connectivity index (χ1n) is 3.71. The van der Waals surface area contributed by atoms with Crippen LogP contribution >= 0.6 is 0 Å². The summed E-state index contributed by atoms with van der Waals surface area (Å²) in [5, 5.41) is 0. The lowest BCUT2D eigenvalue weighted by Gasteiger charge is -2.12. The standard InChI is InChI=1S/C6H14/c1-5-6(2,3)4/h5H2,1-4H3/i1D3. The van der Waals surface area contributed by atoms with Crippen molar-refractivity contribution in [2.45, 2.75) is 34.0 Å². The summed E-state index contributed by atoms with van der Waals surface area (Å²) < 4.78 is 20.8. The van der Waals surface area contributed by atoms with Gasteiger partial charge in [0.2, 0.25) is 0 Å². The lowest BCUT2D eigenvalue weighted by atomic mass is 9.94. The molecule has 0 spiro atoms. The third-order valence-electron chi connectivity index (χ3n) is 0.530. The van der Waals surface area contributed by atoms with Crippen LogP contribution in [-0.4, -0.2) is 0 Å². The molecule has 0 fully saturated rings. The van der Waals surface area contributed by atoms with Gasteiger partial charge in [0.15, 0.2) is 0 Å². The highest BCUT2D eigenvalue weighted by atomic mass is 14.1. The number of rotatable bonds is 0. The van der Waals surface area contributed by atoms with Crippen LogP contribution in [-0.2, 0) is 0 Å². The molecule has 6 heavy (non-hydrogen) atoms. The van der Waals surface area contributed by atoms with Crippen molar-refractivity contribution in [2.75, 3.05) is 0 Å². The molecule has 0 saturated heterocycles. The zero-order chi connectivity index (χ0) is 7.71. The van der Waals surface area contributed by atoms with E-state index < -0.39 is 6.85 Å². The first-order valence-corrected chi connectivity index (χ1v) is 2.21. The van der Waals surface area contributed by atoms with E-state index in [9.17, 15) is 0 Å². The number of hydrogen-bond donors (Lipinski definition) is 0. The minimum Gasteiger partial charge on any atom is -0.0649 e. The van der Waals surface area contributed by atoms with Crippen molar-refractivity contribution < 1.29 is 4.11 Å². The molecule has 0 saturated carbocycles. The molecule has 0 heterocycles. The van der Waals surface area contributed by atoms with Crippen molar-refractivity contribution in [3.63, 3.8) is 0 Å². The topological polar surface area (TPSA) is 0 Å². The summed E-state index contributed by atoms with van der Waals surface area (Å²) in [6.07, 6.45) is 0.292. The maximum Gasteiger partial charge on any atom is 0.0231 e. The van der Waals surface area contributed by atoms with E-state index in [1.807, 2.05) is 20.8 Å². The van der Waals surface area contributed by atoms with E-state index in [2.05, 4.69) is 0 Å². The predicted octanol–water partition coefficient (Wildman–Crippen LogP) is 2.44. The minimum atomic E-state index is -1.77.